The Morgan fingerprint density at radius 2 is 2.31 bits per heavy atom. The number of piperidine rings is 1. The van der Waals surface area contributed by atoms with Crippen molar-refractivity contribution in [2.45, 2.75) is 31.8 Å². The largest absolute Gasteiger partial charge is 0.479 e. The molecule has 74 valence electrons. The van der Waals surface area contributed by atoms with E-state index in [1.165, 1.54) is 0 Å². The summed E-state index contributed by atoms with van der Waals surface area (Å²) in [6.45, 7) is 4.69. The third-order valence-electron chi connectivity index (χ3n) is 2.64. The molecule has 1 spiro atoms. The van der Waals surface area contributed by atoms with E-state index in [9.17, 15) is 0 Å². The van der Waals surface area contributed by atoms with E-state index in [4.69, 9.17) is 9.57 Å². The molecule has 0 aromatic heterocycles. The molecule has 0 unspecified atom stereocenters. The van der Waals surface area contributed by atoms with Gasteiger partial charge in [0.1, 0.15) is 5.60 Å². The van der Waals surface area contributed by atoms with Gasteiger partial charge in [-0.1, -0.05) is 5.16 Å². The lowest BCUT2D eigenvalue weighted by Gasteiger charge is -2.30. The normalized spacial score (nSPS) is 25.5. The standard InChI is InChI=1S/C9H16N2O2/c1-2-12-8-7-9(13-11-8)3-5-10-6-4-9/h10H,2-7H2,1H3. The second kappa shape index (κ2) is 3.54. The average Bonchev–Trinajstić information content (AvgIpc) is 2.51. The highest BCUT2D eigenvalue weighted by molar-refractivity contribution is 5.78. The summed E-state index contributed by atoms with van der Waals surface area (Å²) in [4.78, 5) is 5.47. The molecule has 0 radical (unpaired) electrons. The fraction of sp³-hybridized carbons (Fsp3) is 0.889. The first-order valence-corrected chi connectivity index (χ1v) is 4.93. The predicted octanol–water partition coefficient (Wildman–Crippen LogP) is 0.879. The first-order valence-electron chi connectivity index (χ1n) is 4.93. The minimum absolute atomic E-state index is 0.0459. The molecular formula is C9H16N2O2. The van der Waals surface area contributed by atoms with Crippen molar-refractivity contribution in [1.29, 1.82) is 0 Å². The van der Waals surface area contributed by atoms with Crippen LogP contribution in [-0.4, -0.2) is 31.2 Å². The summed E-state index contributed by atoms with van der Waals surface area (Å²) in [7, 11) is 0. The van der Waals surface area contributed by atoms with Gasteiger partial charge in [-0.25, -0.2) is 0 Å². The Morgan fingerprint density at radius 3 is 3.00 bits per heavy atom. The van der Waals surface area contributed by atoms with Gasteiger partial charge in [0.05, 0.1) is 13.0 Å². The molecule has 2 aliphatic heterocycles. The monoisotopic (exact) mass is 184 g/mol. The maximum Gasteiger partial charge on any atom is 0.229 e. The number of rotatable bonds is 1. The van der Waals surface area contributed by atoms with Gasteiger partial charge in [-0.05, 0) is 20.0 Å². The van der Waals surface area contributed by atoms with E-state index in [1.54, 1.807) is 0 Å². The van der Waals surface area contributed by atoms with E-state index in [0.29, 0.717) is 6.61 Å². The summed E-state index contributed by atoms with van der Waals surface area (Å²) in [6, 6.07) is 0. The van der Waals surface area contributed by atoms with Crippen LogP contribution < -0.4 is 5.32 Å². The van der Waals surface area contributed by atoms with Crippen molar-refractivity contribution in [1.82, 2.24) is 5.32 Å². The van der Waals surface area contributed by atoms with Gasteiger partial charge in [0.25, 0.3) is 0 Å². The van der Waals surface area contributed by atoms with Crippen LogP contribution in [0.2, 0.25) is 0 Å². The number of hydrogen-bond acceptors (Lipinski definition) is 4. The Morgan fingerprint density at radius 1 is 1.54 bits per heavy atom. The third-order valence-corrected chi connectivity index (χ3v) is 2.64. The highest BCUT2D eigenvalue weighted by Crippen LogP contribution is 2.32. The number of ether oxygens (including phenoxy) is 1. The van der Waals surface area contributed by atoms with Crippen LogP contribution >= 0.6 is 0 Å². The predicted molar refractivity (Wildman–Crippen MR) is 49.6 cm³/mol. The molecule has 0 aromatic rings. The molecule has 0 saturated carbocycles. The van der Waals surface area contributed by atoms with E-state index in [0.717, 1.165) is 38.2 Å². The zero-order valence-corrected chi connectivity index (χ0v) is 8.01. The zero-order chi connectivity index (χ0) is 9.15. The van der Waals surface area contributed by atoms with Gasteiger partial charge in [-0.15, -0.1) is 0 Å². The van der Waals surface area contributed by atoms with E-state index < -0.39 is 0 Å². The summed E-state index contributed by atoms with van der Waals surface area (Å²) >= 11 is 0. The van der Waals surface area contributed by atoms with Crippen LogP contribution in [0.5, 0.6) is 0 Å². The SMILES string of the molecule is CCOC1=NOC2(CCNCC2)C1. The van der Waals surface area contributed by atoms with E-state index in [2.05, 4.69) is 10.5 Å². The minimum atomic E-state index is -0.0459. The molecule has 2 rings (SSSR count). The lowest BCUT2D eigenvalue weighted by atomic mass is 9.89. The Kier molecular flexibility index (Phi) is 2.40. The number of hydrogen-bond donors (Lipinski definition) is 1. The molecule has 0 bridgehead atoms. The van der Waals surface area contributed by atoms with Crippen LogP contribution in [0, 0.1) is 0 Å². The Bertz CT molecular complexity index is 210. The lowest BCUT2D eigenvalue weighted by Crippen LogP contribution is -2.42. The highest BCUT2D eigenvalue weighted by atomic mass is 16.7. The summed E-state index contributed by atoms with van der Waals surface area (Å²) in [5.74, 6) is 0.768. The van der Waals surface area contributed by atoms with Crippen LogP contribution in [-0.2, 0) is 9.57 Å². The van der Waals surface area contributed by atoms with Crippen LogP contribution in [0.4, 0.5) is 0 Å². The summed E-state index contributed by atoms with van der Waals surface area (Å²) < 4.78 is 5.33. The molecule has 4 heteroatoms. The fourth-order valence-electron chi connectivity index (χ4n) is 1.88. The fourth-order valence-corrected chi connectivity index (χ4v) is 1.88. The Balaban J connectivity index is 1.91. The van der Waals surface area contributed by atoms with Crippen LogP contribution in [0.1, 0.15) is 26.2 Å². The summed E-state index contributed by atoms with van der Waals surface area (Å²) in [5, 5.41) is 7.28. The smallest absolute Gasteiger partial charge is 0.229 e. The van der Waals surface area contributed by atoms with Crippen molar-refractivity contribution in [2.75, 3.05) is 19.7 Å². The second-order valence-electron chi connectivity index (χ2n) is 3.62. The van der Waals surface area contributed by atoms with Crippen molar-refractivity contribution in [3.05, 3.63) is 0 Å². The summed E-state index contributed by atoms with van der Waals surface area (Å²) in [6.07, 6.45) is 2.92. The van der Waals surface area contributed by atoms with Gasteiger partial charge >= 0.3 is 0 Å². The molecular weight excluding hydrogens is 168 g/mol. The van der Waals surface area contributed by atoms with E-state index in [-0.39, 0.29) is 5.60 Å². The number of oxime groups is 1. The number of nitrogens with one attached hydrogen (secondary N) is 1. The quantitative estimate of drug-likeness (QED) is 0.657. The maximum absolute atomic E-state index is 5.47. The molecule has 0 atom stereocenters. The first-order chi connectivity index (χ1) is 6.35. The van der Waals surface area contributed by atoms with Gasteiger partial charge in [-0.3, -0.25) is 0 Å². The molecule has 4 nitrogen and oxygen atoms in total. The molecule has 13 heavy (non-hydrogen) atoms. The summed E-state index contributed by atoms with van der Waals surface area (Å²) in [5.41, 5.74) is -0.0459. The van der Waals surface area contributed by atoms with Crippen molar-refractivity contribution >= 4 is 5.90 Å². The molecule has 1 N–H and O–H groups in total. The molecule has 2 heterocycles. The zero-order valence-electron chi connectivity index (χ0n) is 8.01. The van der Waals surface area contributed by atoms with E-state index in [1.807, 2.05) is 6.92 Å². The third kappa shape index (κ3) is 1.77. The van der Waals surface area contributed by atoms with Gasteiger partial charge in [-0.2, -0.15) is 0 Å². The van der Waals surface area contributed by atoms with Gasteiger partial charge in [0.2, 0.25) is 5.90 Å². The van der Waals surface area contributed by atoms with E-state index >= 15 is 0 Å². The molecule has 2 aliphatic rings. The van der Waals surface area contributed by atoms with Crippen molar-refractivity contribution < 1.29 is 9.57 Å². The topological polar surface area (TPSA) is 42.9 Å². The Labute approximate surface area is 78.3 Å². The Hall–Kier alpha value is -0.770. The lowest BCUT2D eigenvalue weighted by molar-refractivity contribution is -0.0400. The number of nitrogens with zero attached hydrogens (tertiary/aromatic N) is 1. The van der Waals surface area contributed by atoms with Crippen LogP contribution in [0.15, 0.2) is 5.16 Å². The molecule has 0 aromatic carbocycles. The van der Waals surface area contributed by atoms with Gasteiger partial charge < -0.3 is 14.9 Å². The molecule has 1 fully saturated rings. The molecule has 1 saturated heterocycles. The van der Waals surface area contributed by atoms with Crippen LogP contribution in [0.25, 0.3) is 0 Å². The average molecular weight is 184 g/mol. The minimum Gasteiger partial charge on any atom is -0.479 e. The van der Waals surface area contributed by atoms with Crippen molar-refractivity contribution in [2.24, 2.45) is 5.16 Å². The maximum atomic E-state index is 5.47. The van der Waals surface area contributed by atoms with Crippen LogP contribution in [0.3, 0.4) is 0 Å². The van der Waals surface area contributed by atoms with Gasteiger partial charge in [0, 0.05) is 12.8 Å². The molecule has 0 amide bonds. The highest BCUT2D eigenvalue weighted by Gasteiger charge is 2.40. The van der Waals surface area contributed by atoms with Crippen molar-refractivity contribution in [3.63, 3.8) is 0 Å². The second-order valence-corrected chi connectivity index (χ2v) is 3.62. The molecule has 0 aliphatic carbocycles. The van der Waals surface area contributed by atoms with Crippen molar-refractivity contribution in [3.8, 4) is 0 Å². The van der Waals surface area contributed by atoms with Gasteiger partial charge in [0.15, 0.2) is 0 Å². The first kappa shape index (κ1) is 8.81.